The number of carboxylic acid groups (broad SMARTS) is 1. The molecular formula is C14H16N2O6. The van der Waals surface area contributed by atoms with Crippen molar-refractivity contribution in [2.45, 2.75) is 12.8 Å². The van der Waals surface area contributed by atoms with E-state index in [0.717, 1.165) is 0 Å². The summed E-state index contributed by atoms with van der Waals surface area (Å²) in [6.07, 6.45) is 1.16. The number of carboxylic acids is 1. The quantitative estimate of drug-likeness (QED) is 0.667. The third kappa shape index (κ3) is 3.16. The fourth-order valence-corrected chi connectivity index (χ4v) is 2.51. The maximum atomic E-state index is 12.4. The van der Waals surface area contributed by atoms with Crippen molar-refractivity contribution in [1.82, 2.24) is 4.90 Å². The Bertz CT molecular complexity index is 615. The Hall–Kier alpha value is -2.64. The van der Waals surface area contributed by atoms with E-state index in [0.29, 0.717) is 19.4 Å². The van der Waals surface area contributed by atoms with Crippen LogP contribution in [0.15, 0.2) is 18.2 Å². The van der Waals surface area contributed by atoms with E-state index in [1.807, 2.05) is 0 Å². The number of methoxy groups -OCH3 is 1. The fraction of sp³-hybridized carbons (Fsp3) is 0.429. The molecule has 0 aliphatic carbocycles. The fourth-order valence-electron chi connectivity index (χ4n) is 2.51. The number of ether oxygens (including phenoxy) is 1. The Morgan fingerprint density at radius 3 is 2.77 bits per heavy atom. The van der Waals surface area contributed by atoms with Gasteiger partial charge < -0.3 is 14.7 Å². The predicted octanol–water partition coefficient (Wildman–Crippen LogP) is 1.54. The number of hydrogen-bond acceptors (Lipinski definition) is 5. The van der Waals surface area contributed by atoms with Crippen LogP contribution in [0.5, 0.6) is 5.75 Å². The summed E-state index contributed by atoms with van der Waals surface area (Å²) in [7, 11) is 1.29. The predicted molar refractivity (Wildman–Crippen MR) is 75.9 cm³/mol. The Morgan fingerprint density at radius 1 is 1.45 bits per heavy atom. The third-order valence-electron chi connectivity index (χ3n) is 3.68. The number of rotatable bonds is 4. The molecule has 0 aromatic heterocycles. The standard InChI is InChI=1S/C14H16N2O6/c1-22-12-7-9(4-5-11(12)16(20)21)13(17)15-6-2-3-10(8-15)14(18)19/h4-5,7,10H,2-3,6,8H2,1H3,(H,18,19). The lowest BCUT2D eigenvalue weighted by Crippen LogP contribution is -2.42. The molecule has 1 aliphatic rings. The molecule has 1 heterocycles. The number of nitro benzene ring substituents is 1. The highest BCUT2D eigenvalue weighted by molar-refractivity contribution is 5.95. The van der Waals surface area contributed by atoms with Crippen LogP contribution in [0.1, 0.15) is 23.2 Å². The van der Waals surface area contributed by atoms with Crippen LogP contribution in [0.25, 0.3) is 0 Å². The number of carbonyl (C=O) groups excluding carboxylic acids is 1. The number of carbonyl (C=O) groups is 2. The van der Waals surface area contributed by atoms with Gasteiger partial charge in [0.2, 0.25) is 0 Å². The van der Waals surface area contributed by atoms with Crippen LogP contribution in [0.4, 0.5) is 5.69 Å². The number of benzene rings is 1. The Morgan fingerprint density at radius 2 is 2.18 bits per heavy atom. The number of likely N-dealkylation sites (tertiary alicyclic amines) is 1. The van der Waals surface area contributed by atoms with Crippen molar-refractivity contribution in [1.29, 1.82) is 0 Å². The molecule has 118 valence electrons. The van der Waals surface area contributed by atoms with Crippen LogP contribution in [-0.4, -0.2) is 47.0 Å². The Labute approximate surface area is 126 Å². The molecule has 1 atom stereocenters. The van der Waals surface area contributed by atoms with Crippen molar-refractivity contribution in [2.75, 3.05) is 20.2 Å². The van der Waals surface area contributed by atoms with Crippen molar-refractivity contribution in [3.05, 3.63) is 33.9 Å². The molecule has 0 bridgehead atoms. The molecular weight excluding hydrogens is 292 g/mol. The Balaban J connectivity index is 2.22. The molecule has 8 nitrogen and oxygen atoms in total. The summed E-state index contributed by atoms with van der Waals surface area (Å²) in [5.41, 5.74) is 0.0228. The molecule has 0 spiro atoms. The van der Waals surface area contributed by atoms with Gasteiger partial charge in [-0.25, -0.2) is 0 Å². The molecule has 2 rings (SSSR count). The van der Waals surface area contributed by atoms with E-state index >= 15 is 0 Å². The number of amides is 1. The lowest BCUT2D eigenvalue weighted by atomic mass is 9.97. The number of aliphatic carboxylic acids is 1. The summed E-state index contributed by atoms with van der Waals surface area (Å²) in [4.78, 5) is 35.2. The molecule has 22 heavy (non-hydrogen) atoms. The van der Waals surface area contributed by atoms with Crippen LogP contribution in [-0.2, 0) is 4.79 Å². The number of nitro groups is 1. The minimum Gasteiger partial charge on any atom is -0.490 e. The van der Waals surface area contributed by atoms with Gasteiger partial charge in [-0.2, -0.15) is 0 Å². The van der Waals surface area contributed by atoms with Crippen molar-refractivity contribution >= 4 is 17.6 Å². The molecule has 0 radical (unpaired) electrons. The zero-order valence-corrected chi connectivity index (χ0v) is 12.0. The summed E-state index contributed by atoms with van der Waals surface area (Å²) < 4.78 is 4.94. The number of nitrogens with zero attached hydrogens (tertiary/aromatic N) is 2. The van der Waals surface area contributed by atoms with Crippen molar-refractivity contribution in [2.24, 2.45) is 5.92 Å². The molecule has 1 aromatic rings. The molecule has 1 N–H and O–H groups in total. The first-order valence-electron chi connectivity index (χ1n) is 6.78. The van der Waals surface area contributed by atoms with E-state index < -0.39 is 16.8 Å². The first-order chi connectivity index (χ1) is 10.4. The molecule has 1 aromatic carbocycles. The number of piperidine rings is 1. The summed E-state index contributed by atoms with van der Waals surface area (Å²) in [5.74, 6) is -1.83. The van der Waals surface area contributed by atoms with E-state index in [2.05, 4.69) is 0 Å². The third-order valence-corrected chi connectivity index (χ3v) is 3.68. The molecule has 1 unspecified atom stereocenters. The van der Waals surface area contributed by atoms with Gasteiger partial charge in [0.1, 0.15) is 0 Å². The van der Waals surface area contributed by atoms with Crippen LogP contribution in [0.3, 0.4) is 0 Å². The maximum Gasteiger partial charge on any atom is 0.310 e. The molecule has 1 fully saturated rings. The molecule has 1 saturated heterocycles. The molecule has 8 heteroatoms. The van der Waals surface area contributed by atoms with Crippen molar-refractivity contribution in [3.8, 4) is 5.75 Å². The lowest BCUT2D eigenvalue weighted by molar-refractivity contribution is -0.385. The highest BCUT2D eigenvalue weighted by Crippen LogP contribution is 2.28. The number of hydrogen-bond donors (Lipinski definition) is 1. The summed E-state index contributed by atoms with van der Waals surface area (Å²) in [6.45, 7) is 0.620. The molecule has 1 aliphatic heterocycles. The van der Waals surface area contributed by atoms with Gasteiger partial charge in [0.05, 0.1) is 18.0 Å². The maximum absolute atomic E-state index is 12.4. The second kappa shape index (κ2) is 6.42. The van der Waals surface area contributed by atoms with Crippen LogP contribution >= 0.6 is 0 Å². The van der Waals surface area contributed by atoms with E-state index in [4.69, 9.17) is 9.84 Å². The van der Waals surface area contributed by atoms with Gasteiger partial charge in [0.15, 0.2) is 5.75 Å². The lowest BCUT2D eigenvalue weighted by Gasteiger charge is -2.30. The summed E-state index contributed by atoms with van der Waals surface area (Å²) >= 11 is 0. The second-order valence-electron chi connectivity index (χ2n) is 5.07. The largest absolute Gasteiger partial charge is 0.490 e. The van der Waals surface area contributed by atoms with E-state index in [1.165, 1.54) is 30.2 Å². The first-order valence-corrected chi connectivity index (χ1v) is 6.78. The highest BCUT2D eigenvalue weighted by atomic mass is 16.6. The second-order valence-corrected chi connectivity index (χ2v) is 5.07. The molecule has 1 amide bonds. The monoisotopic (exact) mass is 308 g/mol. The van der Waals surface area contributed by atoms with Gasteiger partial charge in [-0.3, -0.25) is 19.7 Å². The van der Waals surface area contributed by atoms with Crippen LogP contribution in [0.2, 0.25) is 0 Å². The van der Waals surface area contributed by atoms with Gasteiger partial charge in [0.25, 0.3) is 5.91 Å². The van der Waals surface area contributed by atoms with Crippen LogP contribution in [0, 0.1) is 16.0 Å². The minimum atomic E-state index is -0.918. The minimum absolute atomic E-state index is 0.00245. The van der Waals surface area contributed by atoms with Gasteiger partial charge in [-0.05, 0) is 18.9 Å². The van der Waals surface area contributed by atoms with Gasteiger partial charge in [0, 0.05) is 30.8 Å². The van der Waals surface area contributed by atoms with Crippen molar-refractivity contribution in [3.63, 3.8) is 0 Å². The van der Waals surface area contributed by atoms with E-state index in [9.17, 15) is 19.7 Å². The van der Waals surface area contributed by atoms with Gasteiger partial charge >= 0.3 is 11.7 Å². The SMILES string of the molecule is COc1cc(C(=O)N2CCCC(C(=O)O)C2)ccc1[N+](=O)[O-]. The van der Waals surface area contributed by atoms with Gasteiger partial charge in [-0.1, -0.05) is 0 Å². The normalized spacial score (nSPS) is 17.9. The molecule has 0 saturated carbocycles. The average Bonchev–Trinajstić information content (AvgIpc) is 2.53. The zero-order valence-electron chi connectivity index (χ0n) is 12.0. The smallest absolute Gasteiger partial charge is 0.310 e. The average molecular weight is 308 g/mol. The first kappa shape index (κ1) is 15.7. The summed E-state index contributed by atoms with van der Waals surface area (Å²) in [6, 6.07) is 3.88. The van der Waals surface area contributed by atoms with E-state index in [-0.39, 0.29) is 29.5 Å². The van der Waals surface area contributed by atoms with Gasteiger partial charge in [-0.15, -0.1) is 0 Å². The highest BCUT2D eigenvalue weighted by Gasteiger charge is 2.29. The Kier molecular flexibility index (Phi) is 4.59. The van der Waals surface area contributed by atoms with Crippen molar-refractivity contribution < 1.29 is 24.4 Å². The van der Waals surface area contributed by atoms with E-state index in [1.54, 1.807) is 0 Å². The summed E-state index contributed by atoms with van der Waals surface area (Å²) in [5, 5.41) is 19.9. The topological polar surface area (TPSA) is 110 Å². The van der Waals surface area contributed by atoms with Crippen LogP contribution < -0.4 is 4.74 Å². The zero-order chi connectivity index (χ0) is 16.3.